The summed E-state index contributed by atoms with van der Waals surface area (Å²) in [6.07, 6.45) is 3.59. The van der Waals surface area contributed by atoms with E-state index in [1.165, 1.54) is 5.56 Å². The Hall–Kier alpha value is -2.53. The van der Waals surface area contributed by atoms with Gasteiger partial charge in [0.25, 0.3) is 0 Å². The predicted molar refractivity (Wildman–Crippen MR) is 123 cm³/mol. The molecule has 0 saturated carbocycles. The highest BCUT2D eigenvalue weighted by Gasteiger charge is 2.27. The Labute approximate surface area is 176 Å². The van der Waals surface area contributed by atoms with E-state index in [4.69, 9.17) is 9.47 Å². The molecule has 2 rings (SSSR count). The van der Waals surface area contributed by atoms with Crippen LogP contribution in [0.15, 0.2) is 66.9 Å². The molecule has 0 fully saturated rings. The van der Waals surface area contributed by atoms with Gasteiger partial charge in [-0.3, -0.25) is 4.90 Å². The SMILES string of the molecule is COc1ccc(N(/C=C/[C@@H](c2ccccc2)[Si](C)(C)C)C(=O)OC(C)(C)C)cc1. The number of anilines is 1. The first-order valence-corrected chi connectivity index (χ1v) is 13.5. The van der Waals surface area contributed by atoms with Crippen LogP contribution in [0.1, 0.15) is 31.9 Å². The number of amides is 1. The first-order chi connectivity index (χ1) is 13.5. The molecule has 0 aliphatic heterocycles. The van der Waals surface area contributed by atoms with Crippen molar-refractivity contribution >= 4 is 19.9 Å². The number of ether oxygens (including phenoxy) is 2. The number of methoxy groups -OCH3 is 1. The van der Waals surface area contributed by atoms with E-state index < -0.39 is 19.8 Å². The lowest BCUT2D eigenvalue weighted by Crippen LogP contribution is -2.34. The number of benzene rings is 2. The van der Waals surface area contributed by atoms with Gasteiger partial charge in [0.05, 0.1) is 20.9 Å². The van der Waals surface area contributed by atoms with Gasteiger partial charge in [0.15, 0.2) is 0 Å². The number of carbonyl (C=O) groups is 1. The molecule has 0 saturated heterocycles. The fourth-order valence-electron chi connectivity index (χ4n) is 3.04. The largest absolute Gasteiger partial charge is 0.497 e. The normalized spacial score (nSPS) is 13.2. The molecular weight excluding hydrogens is 378 g/mol. The summed E-state index contributed by atoms with van der Waals surface area (Å²) in [5.74, 6) is 0.742. The van der Waals surface area contributed by atoms with E-state index in [2.05, 4.69) is 50.0 Å². The standard InChI is InChI=1S/C24H33NO3Si/c1-24(2,3)28-23(26)25(20-13-15-21(27-4)16-14-20)18-17-22(29(5,6)7)19-11-9-8-10-12-19/h8-18,22H,1-7H3/b18-17+/t22-/m0/s1. The Bertz CT molecular complexity index is 818. The smallest absolute Gasteiger partial charge is 0.418 e. The molecule has 5 heteroatoms. The molecule has 0 heterocycles. The van der Waals surface area contributed by atoms with Gasteiger partial charge in [-0.1, -0.05) is 56.0 Å². The third kappa shape index (κ3) is 6.78. The molecule has 0 N–H and O–H groups in total. The summed E-state index contributed by atoms with van der Waals surface area (Å²) < 4.78 is 10.9. The number of carbonyl (C=O) groups excluding carboxylic acids is 1. The number of allylic oxidation sites excluding steroid dienone is 1. The summed E-state index contributed by atoms with van der Waals surface area (Å²) in [4.78, 5) is 14.5. The van der Waals surface area contributed by atoms with Crippen LogP contribution in [-0.4, -0.2) is 26.9 Å². The lowest BCUT2D eigenvalue weighted by atomic mass is 10.1. The summed E-state index contributed by atoms with van der Waals surface area (Å²) in [5.41, 5.74) is 1.69. The average molecular weight is 412 g/mol. The lowest BCUT2D eigenvalue weighted by Gasteiger charge is -2.29. The highest BCUT2D eigenvalue weighted by Crippen LogP contribution is 2.30. The average Bonchev–Trinajstić information content (AvgIpc) is 2.63. The zero-order valence-corrected chi connectivity index (χ0v) is 19.6. The van der Waals surface area contributed by atoms with Crippen molar-refractivity contribution in [1.82, 2.24) is 0 Å². The van der Waals surface area contributed by atoms with E-state index >= 15 is 0 Å². The molecular formula is C24H33NO3Si. The molecule has 0 aromatic heterocycles. The Morgan fingerprint density at radius 2 is 1.59 bits per heavy atom. The second kappa shape index (κ2) is 9.31. The van der Waals surface area contributed by atoms with Crippen LogP contribution in [0.5, 0.6) is 5.75 Å². The quantitative estimate of drug-likeness (QED) is 0.502. The van der Waals surface area contributed by atoms with Crippen LogP contribution in [0.25, 0.3) is 0 Å². The van der Waals surface area contributed by atoms with Gasteiger partial charge >= 0.3 is 6.09 Å². The van der Waals surface area contributed by atoms with Crippen molar-refractivity contribution < 1.29 is 14.3 Å². The molecule has 0 unspecified atom stereocenters. The van der Waals surface area contributed by atoms with Crippen molar-refractivity contribution in [3.63, 3.8) is 0 Å². The Kier molecular flexibility index (Phi) is 7.30. The topological polar surface area (TPSA) is 38.8 Å². The second-order valence-corrected chi connectivity index (χ2v) is 14.5. The van der Waals surface area contributed by atoms with Crippen molar-refractivity contribution in [2.45, 2.75) is 51.6 Å². The van der Waals surface area contributed by atoms with Crippen LogP contribution >= 0.6 is 0 Å². The lowest BCUT2D eigenvalue weighted by molar-refractivity contribution is 0.0596. The molecule has 2 aromatic rings. The maximum atomic E-state index is 12.9. The molecule has 0 aliphatic rings. The van der Waals surface area contributed by atoms with Gasteiger partial charge in [-0.15, -0.1) is 0 Å². The summed E-state index contributed by atoms with van der Waals surface area (Å²) in [7, 11) is 0.0468. The van der Waals surface area contributed by atoms with Crippen LogP contribution in [0.3, 0.4) is 0 Å². The van der Waals surface area contributed by atoms with E-state index in [9.17, 15) is 4.79 Å². The first-order valence-electron chi connectivity index (χ1n) is 9.91. The van der Waals surface area contributed by atoms with Gasteiger partial charge in [0, 0.05) is 6.20 Å². The molecule has 0 spiro atoms. The zero-order chi connectivity index (χ0) is 21.7. The molecule has 0 bridgehead atoms. The van der Waals surface area contributed by atoms with Gasteiger partial charge in [0.2, 0.25) is 0 Å². The number of hydrogen-bond donors (Lipinski definition) is 0. The molecule has 0 radical (unpaired) electrons. The highest BCUT2D eigenvalue weighted by molar-refractivity contribution is 6.78. The summed E-state index contributed by atoms with van der Waals surface area (Å²) in [6, 6.07) is 17.9. The maximum Gasteiger partial charge on any atom is 0.418 e. The van der Waals surface area contributed by atoms with Crippen molar-refractivity contribution in [2.24, 2.45) is 0 Å². The van der Waals surface area contributed by atoms with Gasteiger partial charge in [-0.2, -0.15) is 0 Å². The van der Waals surface area contributed by atoms with Gasteiger partial charge in [-0.05, 0) is 56.1 Å². The maximum absolute atomic E-state index is 12.9. The fourth-order valence-corrected chi connectivity index (χ4v) is 4.89. The van der Waals surface area contributed by atoms with Gasteiger partial charge < -0.3 is 9.47 Å². The van der Waals surface area contributed by atoms with E-state index in [1.54, 1.807) is 12.0 Å². The van der Waals surface area contributed by atoms with Crippen molar-refractivity contribution in [2.75, 3.05) is 12.0 Å². The minimum Gasteiger partial charge on any atom is -0.497 e. The number of rotatable bonds is 6. The third-order valence-electron chi connectivity index (χ3n) is 4.46. The Morgan fingerprint density at radius 3 is 2.07 bits per heavy atom. The molecule has 2 aromatic carbocycles. The van der Waals surface area contributed by atoms with E-state index in [0.717, 1.165) is 11.4 Å². The molecule has 0 aliphatic carbocycles. The van der Waals surface area contributed by atoms with Gasteiger partial charge in [0.1, 0.15) is 11.4 Å². The zero-order valence-electron chi connectivity index (χ0n) is 18.6. The summed E-state index contributed by atoms with van der Waals surface area (Å²) in [6.45, 7) is 12.6. The minimum absolute atomic E-state index is 0.270. The molecule has 29 heavy (non-hydrogen) atoms. The van der Waals surface area contributed by atoms with Crippen molar-refractivity contribution in [1.29, 1.82) is 0 Å². The molecule has 1 amide bonds. The van der Waals surface area contributed by atoms with Crippen molar-refractivity contribution in [3.8, 4) is 5.75 Å². The first kappa shape index (κ1) is 22.8. The van der Waals surface area contributed by atoms with Crippen LogP contribution in [-0.2, 0) is 4.74 Å². The molecule has 156 valence electrons. The predicted octanol–water partition coefficient (Wildman–Crippen LogP) is 6.61. The minimum atomic E-state index is -1.58. The Balaban J connectivity index is 2.42. The Morgan fingerprint density at radius 1 is 1.00 bits per heavy atom. The van der Waals surface area contributed by atoms with Crippen molar-refractivity contribution in [3.05, 3.63) is 72.4 Å². The van der Waals surface area contributed by atoms with E-state index in [0.29, 0.717) is 0 Å². The molecule has 4 nitrogen and oxygen atoms in total. The van der Waals surface area contributed by atoms with Crippen LogP contribution in [0.4, 0.5) is 10.5 Å². The van der Waals surface area contributed by atoms with E-state index in [-0.39, 0.29) is 5.54 Å². The van der Waals surface area contributed by atoms with Gasteiger partial charge in [-0.25, -0.2) is 4.79 Å². The highest BCUT2D eigenvalue weighted by atomic mass is 28.3. The number of hydrogen-bond acceptors (Lipinski definition) is 3. The summed E-state index contributed by atoms with van der Waals surface area (Å²) >= 11 is 0. The summed E-state index contributed by atoms with van der Waals surface area (Å²) in [5, 5.41) is 0. The van der Waals surface area contributed by atoms with E-state index in [1.807, 2.05) is 57.3 Å². The molecule has 1 atom stereocenters. The number of nitrogens with zero attached hydrogens (tertiary/aromatic N) is 1. The van der Waals surface area contributed by atoms with Crippen LogP contribution in [0.2, 0.25) is 19.6 Å². The fraction of sp³-hybridized carbons (Fsp3) is 0.375. The van der Waals surface area contributed by atoms with Crippen LogP contribution in [0, 0.1) is 0 Å². The second-order valence-electron chi connectivity index (χ2n) is 9.14. The third-order valence-corrected chi connectivity index (χ3v) is 6.85. The van der Waals surface area contributed by atoms with Crippen LogP contribution < -0.4 is 9.64 Å². The monoisotopic (exact) mass is 411 g/mol.